The van der Waals surface area contributed by atoms with E-state index in [4.69, 9.17) is 33.2 Å². The first-order chi connectivity index (χ1) is 20.5. The van der Waals surface area contributed by atoms with Crippen molar-refractivity contribution in [2.45, 2.75) is 58.0 Å². The number of alkyl halides is 2. The largest absolute Gasteiger partial charge is 0.496 e. The number of aromatic nitrogens is 2. The number of ether oxygens (including phenoxy) is 3. The lowest BCUT2D eigenvalue weighted by Crippen LogP contribution is -2.19. The van der Waals surface area contributed by atoms with Gasteiger partial charge >= 0.3 is 5.66 Å². The maximum Gasteiger partial charge on any atom is 0.317 e. The molecular formula is C30H40F2N3O6PS. The van der Waals surface area contributed by atoms with Crippen molar-refractivity contribution in [3.05, 3.63) is 63.8 Å². The summed E-state index contributed by atoms with van der Waals surface area (Å²) in [6, 6.07) is 9.68. The topological polar surface area (TPSA) is 107 Å². The minimum atomic E-state index is -3.10. The van der Waals surface area contributed by atoms with Crippen LogP contribution < -0.4 is 19.4 Å². The molecule has 0 saturated carbocycles. The summed E-state index contributed by atoms with van der Waals surface area (Å²) in [7, 11) is 0.497. The van der Waals surface area contributed by atoms with Gasteiger partial charge in [0.2, 0.25) is 20.2 Å². The van der Waals surface area contributed by atoms with E-state index in [1.807, 2.05) is 32.9 Å². The van der Waals surface area contributed by atoms with Crippen molar-refractivity contribution in [3.63, 3.8) is 0 Å². The third kappa shape index (κ3) is 9.87. The van der Waals surface area contributed by atoms with Gasteiger partial charge in [0.25, 0.3) is 0 Å². The van der Waals surface area contributed by atoms with Crippen LogP contribution in [0.15, 0.2) is 35.2 Å². The average Bonchev–Trinajstić information content (AvgIpc) is 2.94. The zero-order valence-corrected chi connectivity index (χ0v) is 27.4. The molecule has 0 spiro atoms. The summed E-state index contributed by atoms with van der Waals surface area (Å²) >= 11 is 1.25. The van der Waals surface area contributed by atoms with E-state index < -0.39 is 20.5 Å². The van der Waals surface area contributed by atoms with Crippen molar-refractivity contribution in [2.75, 3.05) is 46.4 Å². The summed E-state index contributed by atoms with van der Waals surface area (Å²) in [4.78, 5) is 9.75. The lowest BCUT2D eigenvalue weighted by atomic mass is 10.0. The van der Waals surface area contributed by atoms with Gasteiger partial charge in [-0.15, -0.1) is 0 Å². The molecule has 0 saturated heterocycles. The van der Waals surface area contributed by atoms with Gasteiger partial charge in [-0.05, 0) is 57.4 Å². The molecule has 1 atom stereocenters. The second-order valence-electron chi connectivity index (χ2n) is 9.73. The molecule has 9 nitrogen and oxygen atoms in total. The first kappa shape index (κ1) is 34.7. The van der Waals surface area contributed by atoms with Gasteiger partial charge in [-0.25, -0.2) is 4.98 Å². The summed E-state index contributed by atoms with van der Waals surface area (Å²) in [6.45, 7) is 9.99. The van der Waals surface area contributed by atoms with Gasteiger partial charge in [-0.3, -0.25) is 0 Å². The molecular weight excluding hydrogens is 599 g/mol. The van der Waals surface area contributed by atoms with E-state index in [-0.39, 0.29) is 32.4 Å². The molecule has 2 aromatic carbocycles. The molecule has 0 amide bonds. The normalized spacial score (nSPS) is 12.3. The zero-order valence-electron chi connectivity index (χ0n) is 25.7. The Bertz CT molecular complexity index is 1340. The van der Waals surface area contributed by atoms with Crippen molar-refractivity contribution in [2.24, 2.45) is 0 Å². The van der Waals surface area contributed by atoms with Crippen LogP contribution in [0.3, 0.4) is 0 Å². The molecule has 1 heterocycles. The summed E-state index contributed by atoms with van der Waals surface area (Å²) in [5, 5.41) is 0. The molecule has 13 heteroatoms. The second kappa shape index (κ2) is 16.4. The first-order valence-electron chi connectivity index (χ1n) is 13.8. The van der Waals surface area contributed by atoms with Crippen LogP contribution in [0, 0.1) is 27.7 Å². The number of benzene rings is 2. The highest BCUT2D eigenvalue weighted by molar-refractivity contribution is 7.95. The molecule has 43 heavy (non-hydrogen) atoms. The zero-order chi connectivity index (χ0) is 31.6. The van der Waals surface area contributed by atoms with Crippen LogP contribution in [0.25, 0.3) is 0 Å². The Morgan fingerprint density at radius 1 is 0.977 bits per heavy atom. The highest BCUT2D eigenvalue weighted by Gasteiger charge is 2.41. The fourth-order valence-corrected chi connectivity index (χ4v) is 6.15. The van der Waals surface area contributed by atoms with E-state index in [0.717, 1.165) is 27.1 Å². The maximum absolute atomic E-state index is 14.2. The fourth-order valence-electron chi connectivity index (χ4n) is 4.40. The summed E-state index contributed by atoms with van der Waals surface area (Å²) in [6.07, 6.45) is -0.0713. The molecule has 1 aromatic heterocycles. The van der Waals surface area contributed by atoms with Gasteiger partial charge < -0.3 is 33.2 Å². The first-order valence-corrected chi connectivity index (χ1v) is 15.7. The predicted molar refractivity (Wildman–Crippen MR) is 166 cm³/mol. The van der Waals surface area contributed by atoms with Crippen molar-refractivity contribution in [1.29, 1.82) is 0 Å². The molecule has 0 fully saturated rings. The summed E-state index contributed by atoms with van der Waals surface area (Å²) < 4.78 is 61.1. The third-order valence-corrected chi connectivity index (χ3v) is 8.98. The molecule has 3 aromatic rings. The lowest BCUT2D eigenvalue weighted by Gasteiger charge is -2.23. The Morgan fingerprint density at radius 2 is 1.70 bits per heavy atom. The predicted octanol–water partition coefficient (Wildman–Crippen LogP) is 7.35. The van der Waals surface area contributed by atoms with Crippen LogP contribution in [-0.4, -0.2) is 56.3 Å². The molecule has 0 radical (unpaired) electrons. The SMILES string of the molecule is CCOP(OC)C(F)(F)CCOCCOc1ccc(Cc2c(C)nc(N)nc2OSc2c(C)cc(C)cc2C)c(OC)c1. The van der Waals surface area contributed by atoms with Crippen LogP contribution in [0.1, 0.15) is 46.9 Å². The van der Waals surface area contributed by atoms with E-state index in [1.165, 1.54) is 24.7 Å². The molecule has 236 valence electrons. The van der Waals surface area contributed by atoms with Gasteiger partial charge in [0.15, 0.2) is 0 Å². The summed E-state index contributed by atoms with van der Waals surface area (Å²) in [5.41, 5.74) is 8.64. The van der Waals surface area contributed by atoms with Crippen LogP contribution in [0.2, 0.25) is 0 Å². The Hall–Kier alpha value is -2.76. The highest BCUT2D eigenvalue weighted by Crippen LogP contribution is 2.55. The Kier molecular flexibility index (Phi) is 13.2. The number of rotatable bonds is 17. The number of nitrogens with zero attached hydrogens (tertiary/aromatic N) is 2. The number of anilines is 1. The lowest BCUT2D eigenvalue weighted by molar-refractivity contribution is 0.0131. The van der Waals surface area contributed by atoms with Crippen LogP contribution in [0.4, 0.5) is 14.7 Å². The molecule has 0 aliphatic heterocycles. The Morgan fingerprint density at radius 3 is 2.35 bits per heavy atom. The number of nitrogen functional groups attached to an aromatic ring is 1. The van der Waals surface area contributed by atoms with Crippen LogP contribution in [0.5, 0.6) is 17.4 Å². The van der Waals surface area contributed by atoms with Crippen LogP contribution >= 0.6 is 20.4 Å². The van der Waals surface area contributed by atoms with E-state index in [2.05, 4.69) is 29.0 Å². The number of hydrogen-bond donors (Lipinski definition) is 1. The average molecular weight is 640 g/mol. The molecule has 0 aliphatic rings. The summed E-state index contributed by atoms with van der Waals surface area (Å²) in [5.74, 6) is 1.67. The third-order valence-electron chi connectivity index (χ3n) is 6.35. The molecule has 3 rings (SSSR count). The maximum atomic E-state index is 14.2. The number of methoxy groups -OCH3 is 1. The molecule has 0 bridgehead atoms. The quantitative estimate of drug-likeness (QED) is 0.0915. The minimum Gasteiger partial charge on any atom is -0.496 e. The van der Waals surface area contributed by atoms with Gasteiger partial charge in [0.1, 0.15) is 18.1 Å². The van der Waals surface area contributed by atoms with Crippen molar-refractivity contribution >= 4 is 26.4 Å². The van der Waals surface area contributed by atoms with Gasteiger partial charge in [-0.2, -0.15) is 13.8 Å². The van der Waals surface area contributed by atoms with E-state index in [9.17, 15) is 8.78 Å². The van der Waals surface area contributed by atoms with Gasteiger partial charge in [-0.1, -0.05) is 23.8 Å². The molecule has 2 N–H and O–H groups in total. The standard InChI is InChI=1S/C30H40F2N3O6PS/c1-8-40-42(37-7)30(31,32)11-12-38-13-14-39-24-10-9-23(26(18-24)36-6)17-25-22(5)34-29(33)35-28(25)41-43-27-20(3)15-19(2)16-21(27)4/h9-10,15-16,18H,8,11-14,17H2,1-7H3,(H2,33,34,35). The smallest absolute Gasteiger partial charge is 0.317 e. The molecule has 1 unspecified atom stereocenters. The van der Waals surface area contributed by atoms with Gasteiger partial charge in [0.05, 0.1) is 49.6 Å². The number of hydrogen-bond acceptors (Lipinski definition) is 10. The van der Waals surface area contributed by atoms with Crippen molar-refractivity contribution < 1.29 is 36.2 Å². The van der Waals surface area contributed by atoms with E-state index in [1.54, 1.807) is 20.1 Å². The van der Waals surface area contributed by atoms with Crippen molar-refractivity contribution in [3.8, 4) is 17.4 Å². The van der Waals surface area contributed by atoms with E-state index >= 15 is 0 Å². The monoisotopic (exact) mass is 639 g/mol. The van der Waals surface area contributed by atoms with Crippen LogP contribution in [-0.2, 0) is 20.2 Å². The minimum absolute atomic E-state index is 0.129. The van der Waals surface area contributed by atoms with Gasteiger partial charge in [0, 0.05) is 31.6 Å². The Balaban J connectivity index is 1.62. The number of aryl methyl sites for hydroxylation is 4. The number of halogens is 2. The second-order valence-corrected chi connectivity index (χ2v) is 12.3. The molecule has 0 aliphatic carbocycles. The van der Waals surface area contributed by atoms with E-state index in [0.29, 0.717) is 29.5 Å². The Labute approximate surface area is 257 Å². The fraction of sp³-hybridized carbons (Fsp3) is 0.467. The van der Waals surface area contributed by atoms with Crippen molar-refractivity contribution in [1.82, 2.24) is 9.97 Å². The number of nitrogens with two attached hydrogens (primary N) is 1. The highest BCUT2D eigenvalue weighted by atomic mass is 32.2.